The molecule has 40 heavy (non-hydrogen) atoms. The molecule has 0 bridgehead atoms. The van der Waals surface area contributed by atoms with Crippen LogP contribution in [-0.2, 0) is 16.4 Å². The van der Waals surface area contributed by atoms with Crippen molar-refractivity contribution >= 4 is 38.2 Å². The molecular formula is C26H19F3N8O2S. The van der Waals surface area contributed by atoms with Crippen LogP contribution in [0.4, 0.5) is 30.4 Å². The van der Waals surface area contributed by atoms with Crippen LogP contribution in [0.25, 0.3) is 16.9 Å². The van der Waals surface area contributed by atoms with Crippen LogP contribution in [-0.4, -0.2) is 32.9 Å². The van der Waals surface area contributed by atoms with Crippen molar-refractivity contribution in [1.29, 1.82) is 5.26 Å². The van der Waals surface area contributed by atoms with Crippen molar-refractivity contribution in [3.05, 3.63) is 90.0 Å². The highest BCUT2D eigenvalue weighted by Crippen LogP contribution is 2.32. The van der Waals surface area contributed by atoms with Gasteiger partial charge in [-0.25, -0.2) is 41.5 Å². The predicted molar refractivity (Wildman–Crippen MR) is 140 cm³/mol. The topological polar surface area (TPSA) is 138 Å². The van der Waals surface area contributed by atoms with Gasteiger partial charge in [0.2, 0.25) is 0 Å². The highest BCUT2D eigenvalue weighted by molar-refractivity contribution is 7.92. The third kappa shape index (κ3) is 5.14. The number of aryl methyl sites for hydroxylation is 1. The number of nitriles is 1. The number of nitrogens with zero attached hydrogens (tertiary/aromatic N) is 6. The fourth-order valence-electron chi connectivity index (χ4n) is 3.91. The van der Waals surface area contributed by atoms with Crippen LogP contribution in [0.1, 0.15) is 17.7 Å². The summed E-state index contributed by atoms with van der Waals surface area (Å²) >= 11 is 0. The molecular weight excluding hydrogens is 545 g/mol. The maximum Gasteiger partial charge on any atom is 0.262 e. The summed E-state index contributed by atoms with van der Waals surface area (Å²) in [6, 6.07) is 10.6. The zero-order chi connectivity index (χ0) is 28.4. The molecule has 0 aliphatic heterocycles. The summed E-state index contributed by atoms with van der Waals surface area (Å²) in [4.78, 5) is 16.6. The molecule has 0 saturated heterocycles. The van der Waals surface area contributed by atoms with E-state index in [9.17, 15) is 17.2 Å². The average molecular weight is 565 g/mol. The Morgan fingerprint density at radius 2 is 1.85 bits per heavy atom. The van der Waals surface area contributed by atoms with Crippen LogP contribution in [0.2, 0.25) is 0 Å². The zero-order valence-electron chi connectivity index (χ0n) is 20.7. The predicted octanol–water partition coefficient (Wildman–Crippen LogP) is 4.94. The Morgan fingerprint density at radius 3 is 2.65 bits per heavy atom. The second-order valence-electron chi connectivity index (χ2n) is 8.57. The smallest absolute Gasteiger partial charge is 0.262 e. The molecule has 5 rings (SSSR count). The molecule has 202 valence electrons. The number of aromatic nitrogens is 5. The Balaban J connectivity index is 1.50. The van der Waals surface area contributed by atoms with Crippen LogP contribution in [0.5, 0.6) is 0 Å². The molecule has 10 nitrogen and oxygen atoms in total. The molecule has 14 heteroatoms. The summed E-state index contributed by atoms with van der Waals surface area (Å²) < 4.78 is 73.7. The highest BCUT2D eigenvalue weighted by Gasteiger charge is 2.23. The number of sulfonamides is 1. The molecule has 0 spiro atoms. The largest absolute Gasteiger partial charge is 0.333 e. The van der Waals surface area contributed by atoms with Gasteiger partial charge in [0.15, 0.2) is 11.6 Å². The van der Waals surface area contributed by atoms with E-state index in [1.807, 2.05) is 0 Å². The Kier molecular flexibility index (Phi) is 7.05. The van der Waals surface area contributed by atoms with Crippen molar-refractivity contribution in [3.8, 4) is 11.9 Å². The van der Waals surface area contributed by atoms with Gasteiger partial charge in [0.1, 0.15) is 41.3 Å². The van der Waals surface area contributed by atoms with E-state index in [1.54, 1.807) is 22.9 Å². The molecule has 0 amide bonds. The van der Waals surface area contributed by atoms with Gasteiger partial charge >= 0.3 is 0 Å². The average Bonchev–Trinajstić information content (AvgIpc) is 3.41. The second kappa shape index (κ2) is 10.6. The summed E-state index contributed by atoms with van der Waals surface area (Å²) in [6.07, 6.45) is 5.17. The quantitative estimate of drug-likeness (QED) is 0.270. The van der Waals surface area contributed by atoms with E-state index in [0.29, 0.717) is 29.9 Å². The van der Waals surface area contributed by atoms with Crippen molar-refractivity contribution in [2.24, 2.45) is 0 Å². The number of imidazole rings is 1. The Morgan fingerprint density at radius 1 is 1.02 bits per heavy atom. The first-order chi connectivity index (χ1) is 19.2. The molecule has 0 unspecified atom stereocenters. The van der Waals surface area contributed by atoms with Gasteiger partial charge in [-0.15, -0.1) is 0 Å². The number of hydrogen-bond donors (Lipinski definition) is 2. The molecule has 0 aliphatic rings. The molecule has 0 aliphatic carbocycles. The number of benzene rings is 2. The van der Waals surface area contributed by atoms with Crippen LogP contribution >= 0.6 is 0 Å². The van der Waals surface area contributed by atoms with Crippen LogP contribution in [0.3, 0.4) is 0 Å². The minimum atomic E-state index is -4.41. The molecule has 3 heterocycles. The van der Waals surface area contributed by atoms with E-state index in [0.717, 1.165) is 18.2 Å². The lowest BCUT2D eigenvalue weighted by Crippen LogP contribution is -2.16. The second-order valence-corrected chi connectivity index (χ2v) is 10.2. The van der Waals surface area contributed by atoms with Gasteiger partial charge in [0, 0.05) is 24.6 Å². The number of halogens is 3. The van der Waals surface area contributed by atoms with E-state index in [-0.39, 0.29) is 21.8 Å². The lowest BCUT2D eigenvalue weighted by Gasteiger charge is -2.15. The standard InChI is InChI=1S/C26H19F3N8O2S/c1-15-17(27)5-2-6-21(15)40(38,39)36-19-8-7-18(28)24(23(19)29)35-26-25-20(31-13-32-26)9-10-22(34-25)37-12-16(33-14-37)4-3-11-30/h2,5-10,12-14,36H,3-4H2,1H3,(H,31,32,35). The summed E-state index contributed by atoms with van der Waals surface area (Å²) in [6.45, 7) is 1.27. The minimum Gasteiger partial charge on any atom is -0.333 e. The van der Waals surface area contributed by atoms with Crippen LogP contribution in [0.15, 0.2) is 66.2 Å². The fourth-order valence-corrected chi connectivity index (χ4v) is 5.23. The van der Waals surface area contributed by atoms with Crippen molar-refractivity contribution in [2.45, 2.75) is 24.7 Å². The first kappa shape index (κ1) is 26.6. The maximum absolute atomic E-state index is 15.5. The van der Waals surface area contributed by atoms with Gasteiger partial charge in [0.05, 0.1) is 27.9 Å². The lowest BCUT2D eigenvalue weighted by atomic mass is 10.2. The van der Waals surface area contributed by atoms with Gasteiger partial charge in [0.25, 0.3) is 10.0 Å². The lowest BCUT2D eigenvalue weighted by molar-refractivity contribution is 0.585. The van der Waals surface area contributed by atoms with E-state index in [2.05, 4.69) is 36.0 Å². The Labute approximate surface area is 226 Å². The molecule has 0 saturated carbocycles. The first-order valence-electron chi connectivity index (χ1n) is 11.7. The highest BCUT2D eigenvalue weighted by atomic mass is 32.2. The van der Waals surface area contributed by atoms with E-state index >= 15 is 4.39 Å². The van der Waals surface area contributed by atoms with E-state index in [1.165, 1.54) is 31.7 Å². The van der Waals surface area contributed by atoms with Gasteiger partial charge in [-0.2, -0.15) is 5.26 Å². The molecule has 2 N–H and O–H groups in total. The number of rotatable bonds is 8. The van der Waals surface area contributed by atoms with Gasteiger partial charge in [-0.1, -0.05) is 6.07 Å². The SMILES string of the molecule is Cc1c(F)cccc1S(=O)(=O)Nc1ccc(F)c(Nc2ncnc3ccc(-n4cnc(CCC#N)c4)nc23)c1F. The van der Waals surface area contributed by atoms with Crippen molar-refractivity contribution < 1.29 is 21.6 Å². The van der Waals surface area contributed by atoms with Crippen molar-refractivity contribution in [3.63, 3.8) is 0 Å². The minimum absolute atomic E-state index is 0.0459. The molecule has 0 fully saturated rings. The number of hydrogen-bond acceptors (Lipinski definition) is 8. The molecule has 3 aromatic heterocycles. The van der Waals surface area contributed by atoms with Crippen LogP contribution < -0.4 is 10.0 Å². The van der Waals surface area contributed by atoms with E-state index in [4.69, 9.17) is 5.26 Å². The normalized spacial score (nSPS) is 11.4. The van der Waals surface area contributed by atoms with Gasteiger partial charge in [-0.3, -0.25) is 9.29 Å². The number of nitrogens with one attached hydrogen (secondary N) is 2. The fraction of sp³-hybridized carbons (Fsp3) is 0.115. The number of anilines is 3. The third-order valence-electron chi connectivity index (χ3n) is 5.95. The molecule has 5 aromatic rings. The Bertz CT molecular complexity index is 1900. The van der Waals surface area contributed by atoms with Crippen LogP contribution in [0, 0.1) is 35.7 Å². The molecule has 0 radical (unpaired) electrons. The summed E-state index contributed by atoms with van der Waals surface area (Å²) in [5, 5.41) is 11.4. The maximum atomic E-state index is 15.5. The third-order valence-corrected chi connectivity index (χ3v) is 7.46. The first-order valence-corrected chi connectivity index (χ1v) is 13.2. The molecule has 0 atom stereocenters. The zero-order valence-corrected chi connectivity index (χ0v) is 21.5. The molecule has 2 aromatic carbocycles. The monoisotopic (exact) mass is 564 g/mol. The number of fused-ring (bicyclic) bond motifs is 1. The Hall–Kier alpha value is -5.03. The summed E-state index contributed by atoms with van der Waals surface area (Å²) in [5.74, 6) is -2.66. The van der Waals surface area contributed by atoms with Crippen molar-refractivity contribution in [2.75, 3.05) is 10.0 Å². The number of pyridine rings is 1. The summed E-state index contributed by atoms with van der Waals surface area (Å²) in [5.41, 5.74) is -0.186. The van der Waals surface area contributed by atoms with E-state index < -0.39 is 38.8 Å². The van der Waals surface area contributed by atoms with Crippen molar-refractivity contribution in [1.82, 2.24) is 24.5 Å². The summed E-state index contributed by atoms with van der Waals surface area (Å²) in [7, 11) is -4.41. The van der Waals surface area contributed by atoms with Gasteiger partial charge < -0.3 is 5.32 Å². The van der Waals surface area contributed by atoms with Gasteiger partial charge in [-0.05, 0) is 43.3 Å².